The number of hydrogen-bond acceptors (Lipinski definition) is 6. The second-order valence-corrected chi connectivity index (χ2v) is 13.8. The van der Waals surface area contributed by atoms with Gasteiger partial charge < -0.3 is 23.6 Å². The van der Waals surface area contributed by atoms with E-state index in [1.54, 1.807) is 11.1 Å². The van der Waals surface area contributed by atoms with Gasteiger partial charge in [0.05, 0.1) is 24.9 Å². The second-order valence-electron chi connectivity index (χ2n) is 13.8. The predicted molar refractivity (Wildman–Crippen MR) is 150 cm³/mol. The molecule has 216 valence electrons. The van der Waals surface area contributed by atoms with Gasteiger partial charge in [0.25, 0.3) is 0 Å². The van der Waals surface area contributed by atoms with E-state index in [0.717, 1.165) is 61.8 Å². The molecule has 3 fully saturated rings. The Hall–Kier alpha value is -2.90. The molecular weight excluding hydrogens is 506 g/mol. The smallest absolute Gasteiger partial charge is 0.306 e. The average molecular weight is 550 g/mol. The highest BCUT2D eigenvalue weighted by Crippen LogP contribution is 2.58. The van der Waals surface area contributed by atoms with Crippen LogP contribution in [0.5, 0.6) is 5.75 Å². The van der Waals surface area contributed by atoms with Crippen LogP contribution in [-0.2, 0) is 25.5 Å². The summed E-state index contributed by atoms with van der Waals surface area (Å²) in [5.74, 6) is 1.35. The fourth-order valence-corrected chi connectivity index (χ4v) is 7.58. The van der Waals surface area contributed by atoms with Crippen LogP contribution in [0.2, 0.25) is 0 Å². The molecule has 0 radical (unpaired) electrons. The van der Waals surface area contributed by atoms with Crippen LogP contribution in [0, 0.1) is 35.0 Å². The lowest BCUT2D eigenvalue weighted by atomic mass is 9.77. The molecule has 0 N–H and O–H groups in total. The van der Waals surface area contributed by atoms with Crippen molar-refractivity contribution in [1.82, 2.24) is 14.3 Å². The van der Waals surface area contributed by atoms with Gasteiger partial charge in [0.1, 0.15) is 29.9 Å². The standard InChI is InChI=1S/C32H43N3O5/c1-19-25(18-36)35-17-28(19)39-26-15-29-33-10-11-34(29)16-20(26)8-6-5-7-9-22-23-12-21(23)13-27(22)40-30(37)14-24(31(35)38)32(2,3)4/h10-11,15-16,18-19,21-25,27-28H,5-9,12-14,17H2,1-4H3/t19-,21?,22+,23?,24+,25+,27+,28-/m0/s1. The Balaban J connectivity index is 1.32. The van der Waals surface area contributed by atoms with E-state index >= 15 is 0 Å². The quantitative estimate of drug-likeness (QED) is 0.373. The third-order valence-corrected chi connectivity index (χ3v) is 10.2. The minimum Gasteiger partial charge on any atom is -0.488 e. The number of aldehydes is 1. The monoisotopic (exact) mass is 549 g/mol. The Morgan fingerprint density at radius 2 is 1.88 bits per heavy atom. The van der Waals surface area contributed by atoms with E-state index in [2.05, 4.69) is 11.2 Å². The minimum atomic E-state index is -0.606. The van der Waals surface area contributed by atoms with Crippen LogP contribution in [0.1, 0.15) is 78.2 Å². The third kappa shape index (κ3) is 5.14. The zero-order chi connectivity index (χ0) is 28.2. The zero-order valence-electron chi connectivity index (χ0n) is 24.3. The highest BCUT2D eigenvalue weighted by atomic mass is 16.5. The van der Waals surface area contributed by atoms with Crippen LogP contribution in [0.3, 0.4) is 0 Å². The number of rotatable bonds is 1. The summed E-state index contributed by atoms with van der Waals surface area (Å²) in [6, 6.07) is 1.37. The van der Waals surface area contributed by atoms with Crippen LogP contribution >= 0.6 is 0 Å². The van der Waals surface area contributed by atoms with Crippen molar-refractivity contribution in [3.8, 4) is 5.75 Å². The summed E-state index contributed by atoms with van der Waals surface area (Å²) in [5.41, 5.74) is 1.46. The number of imidazole rings is 1. The predicted octanol–water partition coefficient (Wildman–Crippen LogP) is 4.86. The molecule has 2 unspecified atom stereocenters. The van der Waals surface area contributed by atoms with Crippen LogP contribution in [-0.4, -0.2) is 57.2 Å². The van der Waals surface area contributed by atoms with Crippen molar-refractivity contribution in [3.63, 3.8) is 0 Å². The van der Waals surface area contributed by atoms with Gasteiger partial charge in [-0.1, -0.05) is 40.5 Å². The van der Waals surface area contributed by atoms with Crippen molar-refractivity contribution in [2.45, 2.75) is 97.3 Å². The highest BCUT2D eigenvalue weighted by molar-refractivity contribution is 5.87. The number of esters is 1. The Labute approximate surface area is 236 Å². The Morgan fingerprint density at radius 3 is 2.65 bits per heavy atom. The van der Waals surface area contributed by atoms with Crippen molar-refractivity contribution in [1.29, 1.82) is 0 Å². The number of carbonyl (C=O) groups excluding carboxylic acids is 3. The molecule has 1 amide bonds. The number of pyridine rings is 1. The summed E-state index contributed by atoms with van der Waals surface area (Å²) < 4.78 is 14.8. The molecule has 0 aromatic carbocycles. The fourth-order valence-electron chi connectivity index (χ4n) is 7.58. The maximum Gasteiger partial charge on any atom is 0.306 e. The molecule has 0 spiro atoms. The molecule has 2 aliphatic carbocycles. The zero-order valence-corrected chi connectivity index (χ0v) is 24.3. The number of aromatic nitrogens is 2. The average Bonchev–Trinajstić information content (AvgIpc) is 3.20. The van der Waals surface area contributed by atoms with Crippen molar-refractivity contribution >= 4 is 23.8 Å². The Bertz CT molecular complexity index is 1280. The summed E-state index contributed by atoms with van der Waals surface area (Å²) in [6.45, 7) is 8.23. The van der Waals surface area contributed by atoms with Crippen LogP contribution in [0.25, 0.3) is 5.65 Å². The van der Waals surface area contributed by atoms with E-state index in [9.17, 15) is 14.4 Å². The van der Waals surface area contributed by atoms with Crippen molar-refractivity contribution in [3.05, 3.63) is 30.2 Å². The molecule has 2 aromatic heterocycles. The summed E-state index contributed by atoms with van der Waals surface area (Å²) in [7, 11) is 0. The first-order chi connectivity index (χ1) is 19.1. The van der Waals surface area contributed by atoms with Gasteiger partial charge in [0.2, 0.25) is 5.91 Å². The van der Waals surface area contributed by atoms with E-state index in [1.807, 2.05) is 44.4 Å². The molecule has 4 aliphatic rings. The van der Waals surface area contributed by atoms with Gasteiger partial charge >= 0.3 is 5.97 Å². The number of hydrogen-bond donors (Lipinski definition) is 0. The first kappa shape index (κ1) is 27.3. The van der Waals surface area contributed by atoms with Crippen LogP contribution in [0.15, 0.2) is 24.7 Å². The van der Waals surface area contributed by atoms with Crippen LogP contribution < -0.4 is 4.74 Å². The van der Waals surface area contributed by atoms with E-state index in [0.29, 0.717) is 24.3 Å². The lowest BCUT2D eigenvalue weighted by Gasteiger charge is -2.34. The highest BCUT2D eigenvalue weighted by Gasteiger charge is 2.54. The molecule has 8 heteroatoms. The summed E-state index contributed by atoms with van der Waals surface area (Å²) in [4.78, 5) is 45.8. The Morgan fingerprint density at radius 1 is 1.05 bits per heavy atom. The summed E-state index contributed by atoms with van der Waals surface area (Å²) in [5, 5.41) is 0. The molecule has 8 nitrogen and oxygen atoms in total. The number of amides is 1. The van der Waals surface area contributed by atoms with Gasteiger partial charge in [-0.25, -0.2) is 4.98 Å². The van der Waals surface area contributed by atoms with Crippen molar-refractivity contribution in [2.24, 2.45) is 35.0 Å². The summed E-state index contributed by atoms with van der Waals surface area (Å²) in [6.07, 6.45) is 13.8. The minimum absolute atomic E-state index is 0.0313. The normalized spacial score (nSPS) is 35.1. The van der Waals surface area contributed by atoms with Crippen molar-refractivity contribution < 1.29 is 23.9 Å². The SMILES string of the molecule is C[C@@H]1[C@@H]2CN(C(=O)[C@H](C(C)(C)C)CC(=O)O[C@@H]3CC4CC4[C@H]3CCCCCc3cn4ccnc4cc3O2)[C@@H]1C=O. The first-order valence-electron chi connectivity index (χ1n) is 15.2. The number of aryl methyl sites for hydroxylation is 1. The van der Waals surface area contributed by atoms with Crippen LogP contribution in [0.4, 0.5) is 0 Å². The lowest BCUT2D eigenvalue weighted by Crippen LogP contribution is -2.46. The van der Waals surface area contributed by atoms with Gasteiger partial charge in [0, 0.05) is 36.1 Å². The molecule has 4 heterocycles. The van der Waals surface area contributed by atoms with E-state index in [-0.39, 0.29) is 36.4 Å². The maximum absolute atomic E-state index is 14.1. The number of ether oxygens (including phenoxy) is 2. The molecule has 8 atom stereocenters. The van der Waals surface area contributed by atoms with E-state index < -0.39 is 17.4 Å². The molecule has 40 heavy (non-hydrogen) atoms. The molecule has 2 saturated carbocycles. The number of carbonyl (C=O) groups is 3. The molecule has 1 saturated heterocycles. The van der Waals surface area contributed by atoms with Gasteiger partial charge in [0.15, 0.2) is 0 Å². The van der Waals surface area contributed by atoms with Gasteiger partial charge in [-0.2, -0.15) is 0 Å². The molecule has 2 aromatic rings. The lowest BCUT2D eigenvalue weighted by molar-refractivity contribution is -0.158. The molecule has 6 rings (SSSR count). The topological polar surface area (TPSA) is 90.2 Å². The number of fused-ring (bicyclic) bond motifs is 7. The van der Waals surface area contributed by atoms with Gasteiger partial charge in [-0.3, -0.25) is 9.59 Å². The Kier molecular flexibility index (Phi) is 7.16. The van der Waals surface area contributed by atoms with Gasteiger partial charge in [-0.05, 0) is 55.3 Å². The van der Waals surface area contributed by atoms with E-state index in [1.165, 1.54) is 6.42 Å². The molecule has 2 bridgehead atoms. The fraction of sp³-hybridized carbons (Fsp3) is 0.688. The van der Waals surface area contributed by atoms with Crippen molar-refractivity contribution in [2.75, 3.05) is 6.54 Å². The summed E-state index contributed by atoms with van der Waals surface area (Å²) >= 11 is 0. The van der Waals surface area contributed by atoms with E-state index in [4.69, 9.17) is 9.47 Å². The third-order valence-electron chi connectivity index (χ3n) is 10.2. The molecule has 2 aliphatic heterocycles. The first-order valence-corrected chi connectivity index (χ1v) is 15.2. The second kappa shape index (κ2) is 10.5. The largest absolute Gasteiger partial charge is 0.488 e. The number of nitrogens with zero attached hydrogens (tertiary/aromatic N) is 3. The maximum atomic E-state index is 14.1. The molecular formula is C32H43N3O5. The van der Waals surface area contributed by atoms with Gasteiger partial charge in [-0.15, -0.1) is 0 Å².